The van der Waals surface area contributed by atoms with Crippen LogP contribution in [0.3, 0.4) is 0 Å². The van der Waals surface area contributed by atoms with E-state index in [2.05, 4.69) is 12.2 Å². The molecule has 0 spiro atoms. The van der Waals surface area contributed by atoms with Crippen molar-refractivity contribution < 1.29 is 5.11 Å². The third-order valence-electron chi connectivity index (χ3n) is 2.42. The maximum absolute atomic E-state index is 8.53. The molecule has 1 aliphatic heterocycles. The second-order valence-corrected chi connectivity index (χ2v) is 3.80. The SMILES string of the molecule is CC1(CCCCCCO)CN1. The van der Waals surface area contributed by atoms with Gasteiger partial charge in [-0.05, 0) is 19.8 Å². The Morgan fingerprint density at radius 1 is 1.27 bits per heavy atom. The predicted molar refractivity (Wildman–Crippen MR) is 46.6 cm³/mol. The molecule has 1 aliphatic rings. The van der Waals surface area contributed by atoms with E-state index in [-0.39, 0.29) is 0 Å². The Morgan fingerprint density at radius 2 is 1.91 bits per heavy atom. The van der Waals surface area contributed by atoms with Crippen molar-refractivity contribution in [2.24, 2.45) is 0 Å². The van der Waals surface area contributed by atoms with Gasteiger partial charge in [-0.1, -0.05) is 19.3 Å². The molecule has 1 atom stereocenters. The number of rotatable bonds is 6. The molecule has 0 radical (unpaired) electrons. The van der Waals surface area contributed by atoms with Crippen molar-refractivity contribution in [3.05, 3.63) is 0 Å². The van der Waals surface area contributed by atoms with Crippen molar-refractivity contribution in [2.75, 3.05) is 13.2 Å². The Morgan fingerprint density at radius 3 is 2.45 bits per heavy atom. The third kappa shape index (κ3) is 3.73. The Balaban J connectivity index is 1.81. The molecule has 0 aromatic rings. The molecule has 0 aromatic heterocycles. The van der Waals surface area contributed by atoms with Gasteiger partial charge in [-0.2, -0.15) is 0 Å². The molecule has 1 rings (SSSR count). The highest BCUT2D eigenvalue weighted by molar-refractivity contribution is 4.98. The lowest BCUT2D eigenvalue weighted by Crippen LogP contribution is -2.08. The van der Waals surface area contributed by atoms with E-state index in [1.165, 1.54) is 32.2 Å². The standard InChI is InChI=1S/C9H19NO/c1-9(8-10-9)6-4-2-3-5-7-11/h10-11H,2-8H2,1H3. The first-order chi connectivity index (χ1) is 5.27. The molecule has 0 aliphatic carbocycles. The number of hydrogen-bond donors (Lipinski definition) is 2. The molecule has 0 bridgehead atoms. The van der Waals surface area contributed by atoms with Crippen LogP contribution in [0.5, 0.6) is 0 Å². The Hall–Kier alpha value is -0.0800. The summed E-state index contributed by atoms with van der Waals surface area (Å²) in [6, 6.07) is 0. The van der Waals surface area contributed by atoms with Crippen LogP contribution < -0.4 is 5.32 Å². The fourth-order valence-electron chi connectivity index (χ4n) is 1.31. The summed E-state index contributed by atoms with van der Waals surface area (Å²) < 4.78 is 0. The van der Waals surface area contributed by atoms with Crippen molar-refractivity contribution in [3.8, 4) is 0 Å². The first-order valence-corrected chi connectivity index (χ1v) is 4.63. The molecule has 2 heteroatoms. The van der Waals surface area contributed by atoms with Gasteiger partial charge in [0.15, 0.2) is 0 Å². The van der Waals surface area contributed by atoms with E-state index in [0.29, 0.717) is 12.1 Å². The Kier molecular flexibility index (Phi) is 3.34. The molecule has 0 aromatic carbocycles. The van der Waals surface area contributed by atoms with E-state index in [1.807, 2.05) is 0 Å². The van der Waals surface area contributed by atoms with Crippen LogP contribution in [0, 0.1) is 0 Å². The zero-order valence-electron chi connectivity index (χ0n) is 7.40. The minimum absolute atomic E-state index is 0.357. The highest BCUT2D eigenvalue weighted by Gasteiger charge is 2.34. The first kappa shape index (κ1) is 9.01. The highest BCUT2D eigenvalue weighted by Crippen LogP contribution is 2.23. The van der Waals surface area contributed by atoms with Crippen LogP contribution in [0.4, 0.5) is 0 Å². The lowest BCUT2D eigenvalue weighted by Gasteiger charge is -2.04. The predicted octanol–water partition coefficient (Wildman–Crippen LogP) is 1.29. The van der Waals surface area contributed by atoms with Gasteiger partial charge < -0.3 is 10.4 Å². The molecule has 1 fully saturated rings. The number of hydrogen-bond acceptors (Lipinski definition) is 2. The van der Waals surface area contributed by atoms with Gasteiger partial charge in [-0.3, -0.25) is 0 Å². The van der Waals surface area contributed by atoms with Crippen LogP contribution in [-0.4, -0.2) is 23.8 Å². The first-order valence-electron chi connectivity index (χ1n) is 4.63. The van der Waals surface area contributed by atoms with Gasteiger partial charge in [0, 0.05) is 18.7 Å². The zero-order valence-corrected chi connectivity index (χ0v) is 7.40. The molecule has 11 heavy (non-hydrogen) atoms. The minimum atomic E-state index is 0.357. The molecular weight excluding hydrogens is 138 g/mol. The second kappa shape index (κ2) is 4.07. The van der Waals surface area contributed by atoms with Gasteiger partial charge in [0.2, 0.25) is 0 Å². The van der Waals surface area contributed by atoms with Crippen molar-refractivity contribution in [1.82, 2.24) is 5.32 Å². The molecule has 1 heterocycles. The summed E-state index contributed by atoms with van der Waals surface area (Å²) in [4.78, 5) is 0. The summed E-state index contributed by atoms with van der Waals surface area (Å²) in [5.74, 6) is 0. The topological polar surface area (TPSA) is 42.2 Å². The van der Waals surface area contributed by atoms with E-state index in [0.717, 1.165) is 6.42 Å². The van der Waals surface area contributed by atoms with Gasteiger partial charge in [-0.25, -0.2) is 0 Å². The minimum Gasteiger partial charge on any atom is -0.396 e. The van der Waals surface area contributed by atoms with Crippen LogP contribution in [-0.2, 0) is 0 Å². The van der Waals surface area contributed by atoms with E-state index in [4.69, 9.17) is 5.11 Å². The van der Waals surface area contributed by atoms with Crippen molar-refractivity contribution in [2.45, 2.75) is 44.6 Å². The van der Waals surface area contributed by atoms with Gasteiger partial charge in [0.25, 0.3) is 0 Å². The van der Waals surface area contributed by atoms with Crippen LogP contribution in [0.15, 0.2) is 0 Å². The lowest BCUT2D eigenvalue weighted by molar-refractivity contribution is 0.282. The second-order valence-electron chi connectivity index (χ2n) is 3.80. The van der Waals surface area contributed by atoms with E-state index in [1.54, 1.807) is 0 Å². The average Bonchev–Trinajstić information content (AvgIpc) is 2.69. The monoisotopic (exact) mass is 157 g/mol. The summed E-state index contributed by atoms with van der Waals surface area (Å²) in [7, 11) is 0. The van der Waals surface area contributed by atoms with Gasteiger partial charge in [0.1, 0.15) is 0 Å². The maximum Gasteiger partial charge on any atom is 0.0431 e. The molecular formula is C9H19NO. The Labute approximate surface area is 69.0 Å². The number of aliphatic hydroxyl groups excluding tert-OH is 1. The van der Waals surface area contributed by atoms with Crippen molar-refractivity contribution >= 4 is 0 Å². The quantitative estimate of drug-likeness (QED) is 0.450. The van der Waals surface area contributed by atoms with Gasteiger partial charge in [0.05, 0.1) is 0 Å². The van der Waals surface area contributed by atoms with Crippen molar-refractivity contribution in [1.29, 1.82) is 0 Å². The number of unbranched alkanes of at least 4 members (excludes halogenated alkanes) is 3. The Bertz CT molecular complexity index is 110. The van der Waals surface area contributed by atoms with Crippen LogP contribution in [0.25, 0.3) is 0 Å². The molecule has 0 saturated carbocycles. The smallest absolute Gasteiger partial charge is 0.0431 e. The van der Waals surface area contributed by atoms with Crippen LogP contribution >= 0.6 is 0 Å². The highest BCUT2D eigenvalue weighted by atomic mass is 16.2. The zero-order chi connectivity index (χ0) is 8.16. The molecule has 2 N–H and O–H groups in total. The van der Waals surface area contributed by atoms with Gasteiger partial charge >= 0.3 is 0 Å². The summed E-state index contributed by atoms with van der Waals surface area (Å²) in [6.45, 7) is 3.83. The summed E-state index contributed by atoms with van der Waals surface area (Å²) in [6.07, 6.45) is 6.05. The molecule has 1 unspecified atom stereocenters. The number of aliphatic hydroxyl groups is 1. The van der Waals surface area contributed by atoms with Gasteiger partial charge in [-0.15, -0.1) is 0 Å². The van der Waals surface area contributed by atoms with Crippen LogP contribution in [0.1, 0.15) is 39.0 Å². The molecule has 0 amide bonds. The fraction of sp³-hybridized carbons (Fsp3) is 1.00. The number of nitrogens with one attached hydrogen (secondary N) is 1. The average molecular weight is 157 g/mol. The fourth-order valence-corrected chi connectivity index (χ4v) is 1.31. The lowest BCUT2D eigenvalue weighted by atomic mass is 10.0. The third-order valence-corrected chi connectivity index (χ3v) is 2.42. The summed E-state index contributed by atoms with van der Waals surface area (Å²) >= 11 is 0. The normalized spacial score (nSPS) is 28.9. The van der Waals surface area contributed by atoms with E-state index in [9.17, 15) is 0 Å². The van der Waals surface area contributed by atoms with E-state index >= 15 is 0 Å². The summed E-state index contributed by atoms with van der Waals surface area (Å²) in [5.41, 5.74) is 0.485. The largest absolute Gasteiger partial charge is 0.396 e. The maximum atomic E-state index is 8.53. The summed E-state index contributed by atoms with van der Waals surface area (Å²) in [5, 5.41) is 11.9. The van der Waals surface area contributed by atoms with Crippen molar-refractivity contribution in [3.63, 3.8) is 0 Å². The molecule has 1 saturated heterocycles. The molecule has 2 nitrogen and oxygen atoms in total. The molecule has 66 valence electrons. The van der Waals surface area contributed by atoms with E-state index < -0.39 is 0 Å². The van der Waals surface area contributed by atoms with Crippen LogP contribution in [0.2, 0.25) is 0 Å².